The number of nitrogens with zero attached hydrogens (tertiary/aromatic N) is 3. The lowest BCUT2D eigenvalue weighted by atomic mass is 10.0. The Balaban J connectivity index is 1.73. The molecule has 0 fully saturated rings. The summed E-state index contributed by atoms with van der Waals surface area (Å²) in [4.78, 5) is 0. The van der Waals surface area contributed by atoms with E-state index in [0.717, 1.165) is 24.7 Å². The molecule has 2 aromatic carbocycles. The lowest BCUT2D eigenvalue weighted by molar-refractivity contribution is 0.636. The van der Waals surface area contributed by atoms with E-state index in [1.807, 2.05) is 18.5 Å². The van der Waals surface area contributed by atoms with Gasteiger partial charge in [-0.05, 0) is 23.3 Å². The topological polar surface area (TPSA) is 42.7 Å². The standard InChI is InChI=1S/C16H18N4/c1-12-18-19-16(20(12)2)11-17-10-14-8-5-7-13-6-3-4-9-15(13)14/h3-9,17H,10-11H2,1-2H3. The molecule has 0 aliphatic heterocycles. The van der Waals surface area contributed by atoms with E-state index in [9.17, 15) is 0 Å². The molecular weight excluding hydrogens is 248 g/mol. The summed E-state index contributed by atoms with van der Waals surface area (Å²) in [6, 6.07) is 14.9. The van der Waals surface area contributed by atoms with Gasteiger partial charge in [0.05, 0.1) is 6.54 Å². The van der Waals surface area contributed by atoms with Gasteiger partial charge in [0.15, 0.2) is 0 Å². The van der Waals surface area contributed by atoms with Gasteiger partial charge in [0.25, 0.3) is 0 Å². The van der Waals surface area contributed by atoms with E-state index in [1.54, 1.807) is 0 Å². The molecule has 0 bridgehead atoms. The second-order valence-corrected chi connectivity index (χ2v) is 4.96. The Morgan fingerprint density at radius 3 is 2.60 bits per heavy atom. The van der Waals surface area contributed by atoms with Crippen LogP contribution >= 0.6 is 0 Å². The van der Waals surface area contributed by atoms with Crippen LogP contribution < -0.4 is 5.32 Å². The van der Waals surface area contributed by atoms with Gasteiger partial charge in [0.1, 0.15) is 11.6 Å². The number of aryl methyl sites for hydroxylation is 1. The number of hydrogen-bond acceptors (Lipinski definition) is 3. The molecule has 0 spiro atoms. The van der Waals surface area contributed by atoms with Crippen molar-refractivity contribution in [3.63, 3.8) is 0 Å². The predicted octanol–water partition coefficient (Wildman–Crippen LogP) is 2.57. The molecule has 102 valence electrons. The summed E-state index contributed by atoms with van der Waals surface area (Å²) in [6.45, 7) is 3.51. The highest BCUT2D eigenvalue weighted by Gasteiger charge is 2.05. The molecule has 0 saturated carbocycles. The summed E-state index contributed by atoms with van der Waals surface area (Å²) in [6.07, 6.45) is 0. The molecule has 0 unspecified atom stereocenters. The van der Waals surface area contributed by atoms with Crippen molar-refractivity contribution in [3.05, 3.63) is 59.7 Å². The summed E-state index contributed by atoms with van der Waals surface area (Å²) >= 11 is 0. The maximum Gasteiger partial charge on any atom is 0.146 e. The van der Waals surface area contributed by atoms with Gasteiger partial charge in [-0.25, -0.2) is 0 Å². The van der Waals surface area contributed by atoms with Crippen LogP contribution in [-0.2, 0) is 20.1 Å². The minimum absolute atomic E-state index is 0.723. The van der Waals surface area contributed by atoms with Gasteiger partial charge in [-0.2, -0.15) is 0 Å². The van der Waals surface area contributed by atoms with Crippen LogP contribution in [0.2, 0.25) is 0 Å². The van der Waals surface area contributed by atoms with E-state index < -0.39 is 0 Å². The van der Waals surface area contributed by atoms with Crippen LogP contribution in [0.15, 0.2) is 42.5 Å². The van der Waals surface area contributed by atoms with Crippen molar-refractivity contribution in [2.45, 2.75) is 20.0 Å². The first-order chi connectivity index (χ1) is 9.75. The minimum Gasteiger partial charge on any atom is -0.317 e. The third-order valence-corrected chi connectivity index (χ3v) is 3.66. The molecule has 4 nitrogen and oxygen atoms in total. The smallest absolute Gasteiger partial charge is 0.146 e. The van der Waals surface area contributed by atoms with E-state index in [0.29, 0.717) is 0 Å². The number of fused-ring (bicyclic) bond motifs is 1. The van der Waals surface area contributed by atoms with Crippen LogP contribution in [0.5, 0.6) is 0 Å². The summed E-state index contributed by atoms with van der Waals surface area (Å²) in [5, 5.41) is 14.2. The Bertz CT molecular complexity index is 725. The zero-order chi connectivity index (χ0) is 13.9. The average Bonchev–Trinajstić information content (AvgIpc) is 2.79. The Kier molecular flexibility index (Phi) is 3.48. The monoisotopic (exact) mass is 266 g/mol. The molecule has 0 atom stereocenters. The van der Waals surface area contributed by atoms with Crippen LogP contribution in [0.1, 0.15) is 17.2 Å². The van der Waals surface area contributed by atoms with Crippen molar-refractivity contribution >= 4 is 10.8 Å². The molecule has 0 saturated heterocycles. The summed E-state index contributed by atoms with van der Waals surface area (Å²) < 4.78 is 2.01. The Labute approximate surface area is 118 Å². The molecule has 0 aliphatic carbocycles. The predicted molar refractivity (Wildman–Crippen MR) is 80.2 cm³/mol. The highest BCUT2D eigenvalue weighted by molar-refractivity contribution is 5.85. The number of rotatable bonds is 4. The van der Waals surface area contributed by atoms with Gasteiger partial charge in [-0.3, -0.25) is 0 Å². The first kappa shape index (κ1) is 12.8. The molecule has 1 N–H and O–H groups in total. The third-order valence-electron chi connectivity index (χ3n) is 3.66. The molecule has 3 rings (SSSR count). The van der Waals surface area contributed by atoms with Gasteiger partial charge in [0.2, 0.25) is 0 Å². The molecule has 4 heteroatoms. The van der Waals surface area contributed by atoms with Crippen LogP contribution in [0.25, 0.3) is 10.8 Å². The molecule has 0 radical (unpaired) electrons. The van der Waals surface area contributed by atoms with Crippen LogP contribution in [0.4, 0.5) is 0 Å². The third kappa shape index (κ3) is 2.42. The number of nitrogens with one attached hydrogen (secondary N) is 1. The molecule has 1 heterocycles. The van der Waals surface area contributed by atoms with E-state index >= 15 is 0 Å². The average molecular weight is 266 g/mol. The Morgan fingerprint density at radius 2 is 1.80 bits per heavy atom. The van der Waals surface area contributed by atoms with Crippen LogP contribution in [0.3, 0.4) is 0 Å². The molecule has 0 aliphatic rings. The second-order valence-electron chi connectivity index (χ2n) is 4.96. The fraction of sp³-hybridized carbons (Fsp3) is 0.250. The molecule has 0 amide bonds. The van der Waals surface area contributed by atoms with Crippen LogP contribution in [-0.4, -0.2) is 14.8 Å². The summed E-state index contributed by atoms with van der Waals surface area (Å²) in [5.41, 5.74) is 1.31. The van der Waals surface area contributed by atoms with E-state index in [-0.39, 0.29) is 0 Å². The summed E-state index contributed by atoms with van der Waals surface area (Å²) in [7, 11) is 1.99. The first-order valence-electron chi connectivity index (χ1n) is 6.78. The van der Waals surface area contributed by atoms with Crippen molar-refractivity contribution in [1.82, 2.24) is 20.1 Å². The zero-order valence-electron chi connectivity index (χ0n) is 11.8. The quantitative estimate of drug-likeness (QED) is 0.789. The number of aromatic nitrogens is 3. The molecule has 1 aromatic heterocycles. The normalized spacial score (nSPS) is 11.1. The lowest BCUT2D eigenvalue weighted by Gasteiger charge is -2.08. The van der Waals surface area contributed by atoms with Gasteiger partial charge >= 0.3 is 0 Å². The van der Waals surface area contributed by atoms with Gasteiger partial charge in [-0.15, -0.1) is 10.2 Å². The number of benzene rings is 2. The van der Waals surface area contributed by atoms with Crippen molar-refractivity contribution in [2.75, 3.05) is 0 Å². The molecule has 3 aromatic rings. The van der Waals surface area contributed by atoms with E-state index in [2.05, 4.69) is 58.0 Å². The fourth-order valence-corrected chi connectivity index (χ4v) is 2.36. The molecule has 20 heavy (non-hydrogen) atoms. The minimum atomic E-state index is 0.723. The Hall–Kier alpha value is -2.20. The maximum atomic E-state index is 4.16. The summed E-state index contributed by atoms with van der Waals surface area (Å²) in [5.74, 6) is 1.90. The van der Waals surface area contributed by atoms with E-state index in [1.165, 1.54) is 16.3 Å². The van der Waals surface area contributed by atoms with Crippen LogP contribution in [0, 0.1) is 6.92 Å². The van der Waals surface area contributed by atoms with Crippen molar-refractivity contribution in [3.8, 4) is 0 Å². The first-order valence-corrected chi connectivity index (χ1v) is 6.78. The second kappa shape index (κ2) is 5.43. The van der Waals surface area contributed by atoms with Crippen molar-refractivity contribution in [2.24, 2.45) is 7.05 Å². The fourth-order valence-electron chi connectivity index (χ4n) is 2.36. The SMILES string of the molecule is Cc1nnc(CNCc2cccc3ccccc23)n1C. The van der Waals surface area contributed by atoms with Crippen molar-refractivity contribution in [1.29, 1.82) is 0 Å². The highest BCUT2D eigenvalue weighted by atomic mass is 15.3. The Morgan fingerprint density at radius 1 is 1.00 bits per heavy atom. The van der Waals surface area contributed by atoms with Gasteiger partial charge in [-0.1, -0.05) is 42.5 Å². The lowest BCUT2D eigenvalue weighted by Crippen LogP contribution is -2.16. The zero-order valence-corrected chi connectivity index (χ0v) is 11.8. The van der Waals surface area contributed by atoms with Gasteiger partial charge < -0.3 is 9.88 Å². The van der Waals surface area contributed by atoms with Gasteiger partial charge in [0, 0.05) is 13.6 Å². The van der Waals surface area contributed by atoms with E-state index in [4.69, 9.17) is 0 Å². The largest absolute Gasteiger partial charge is 0.317 e. The maximum absolute atomic E-state index is 4.16. The highest BCUT2D eigenvalue weighted by Crippen LogP contribution is 2.18. The molecular formula is C16H18N4. The van der Waals surface area contributed by atoms with Crippen molar-refractivity contribution < 1.29 is 0 Å². The number of hydrogen-bond donors (Lipinski definition) is 1.